The Kier molecular flexibility index (Phi) is 5.74. The molecule has 1 saturated heterocycles. The number of carbonyl (C=O) groups excluding carboxylic acids is 2. The summed E-state index contributed by atoms with van der Waals surface area (Å²) in [4.78, 5) is 40.2. The highest BCUT2D eigenvalue weighted by Crippen LogP contribution is 2.21. The maximum absolute atomic E-state index is 12.9. The molecular weight excluding hydrogens is 380 g/mol. The van der Waals surface area contributed by atoms with Crippen LogP contribution in [0.3, 0.4) is 0 Å². The highest BCUT2D eigenvalue weighted by Gasteiger charge is 2.28. The van der Waals surface area contributed by atoms with Crippen LogP contribution in [0.1, 0.15) is 48.8 Å². The average molecular weight is 406 g/mol. The second kappa shape index (κ2) is 8.61. The first kappa shape index (κ1) is 20.0. The predicted octanol–water partition coefficient (Wildman–Crippen LogP) is 2.58. The van der Waals surface area contributed by atoms with Gasteiger partial charge in [0.15, 0.2) is 5.65 Å². The van der Waals surface area contributed by atoms with Crippen molar-refractivity contribution in [1.82, 2.24) is 29.7 Å². The van der Waals surface area contributed by atoms with Crippen LogP contribution in [-0.2, 0) is 11.3 Å². The summed E-state index contributed by atoms with van der Waals surface area (Å²) >= 11 is 0. The third kappa shape index (κ3) is 4.17. The summed E-state index contributed by atoms with van der Waals surface area (Å²) in [6.45, 7) is 5.67. The van der Waals surface area contributed by atoms with Gasteiger partial charge in [-0.2, -0.15) is 0 Å². The first-order valence-corrected chi connectivity index (χ1v) is 10.3. The Morgan fingerprint density at radius 2 is 1.97 bits per heavy atom. The number of likely N-dealkylation sites (tertiary alicyclic amines) is 1. The van der Waals surface area contributed by atoms with Gasteiger partial charge in [-0.05, 0) is 44.9 Å². The molecule has 0 atom stereocenters. The monoisotopic (exact) mass is 406 g/mol. The first-order chi connectivity index (χ1) is 14.5. The maximum Gasteiger partial charge on any atom is 0.255 e. The lowest BCUT2D eigenvalue weighted by molar-refractivity contribution is -0.126. The molecule has 0 saturated carbocycles. The van der Waals surface area contributed by atoms with Crippen molar-refractivity contribution in [1.29, 1.82) is 0 Å². The third-order valence-corrected chi connectivity index (χ3v) is 5.54. The van der Waals surface area contributed by atoms with Gasteiger partial charge in [0.2, 0.25) is 5.91 Å². The van der Waals surface area contributed by atoms with Crippen LogP contribution in [0.15, 0.2) is 43.0 Å². The number of fused-ring (bicyclic) bond motifs is 1. The van der Waals surface area contributed by atoms with E-state index in [0.717, 1.165) is 16.9 Å². The zero-order chi connectivity index (χ0) is 21.1. The van der Waals surface area contributed by atoms with Gasteiger partial charge in [-0.25, -0.2) is 9.97 Å². The zero-order valence-electron chi connectivity index (χ0n) is 17.3. The number of imidazole rings is 1. The summed E-state index contributed by atoms with van der Waals surface area (Å²) in [6, 6.07) is 7.69. The Hall–Kier alpha value is -3.29. The van der Waals surface area contributed by atoms with Crippen LogP contribution >= 0.6 is 0 Å². The lowest BCUT2D eigenvalue weighted by atomic mass is 9.95. The number of nitrogens with zero attached hydrogens (tertiary/aromatic N) is 5. The highest BCUT2D eigenvalue weighted by atomic mass is 16.2. The molecule has 4 heterocycles. The van der Waals surface area contributed by atoms with Crippen molar-refractivity contribution in [3.05, 3.63) is 54.2 Å². The van der Waals surface area contributed by atoms with E-state index in [1.807, 2.05) is 22.8 Å². The van der Waals surface area contributed by atoms with Crippen molar-refractivity contribution < 1.29 is 9.59 Å². The van der Waals surface area contributed by atoms with Crippen LogP contribution in [0, 0.1) is 5.92 Å². The van der Waals surface area contributed by atoms with Crippen molar-refractivity contribution in [3.63, 3.8) is 0 Å². The number of nitrogens with one attached hydrogen (secondary N) is 1. The smallest absolute Gasteiger partial charge is 0.255 e. The van der Waals surface area contributed by atoms with Gasteiger partial charge >= 0.3 is 0 Å². The lowest BCUT2D eigenvalue weighted by Crippen LogP contribution is -2.43. The van der Waals surface area contributed by atoms with E-state index in [-0.39, 0.29) is 23.8 Å². The number of hydrogen-bond donors (Lipinski definition) is 1. The maximum atomic E-state index is 12.9. The van der Waals surface area contributed by atoms with Crippen LogP contribution in [0.2, 0.25) is 0 Å². The van der Waals surface area contributed by atoms with Gasteiger partial charge in [0.1, 0.15) is 5.52 Å². The molecule has 0 bridgehead atoms. The SMILES string of the molecule is CC(C)n1cnc2cc(C(=O)N3CCC(C(=O)NCc4ccccn4)CC3)cnc21. The third-order valence-electron chi connectivity index (χ3n) is 5.54. The highest BCUT2D eigenvalue weighted by molar-refractivity contribution is 5.96. The molecule has 1 N–H and O–H groups in total. The molecule has 0 spiro atoms. The summed E-state index contributed by atoms with van der Waals surface area (Å²) in [5.74, 6) is -0.119. The number of rotatable bonds is 5. The Morgan fingerprint density at radius 1 is 1.17 bits per heavy atom. The van der Waals surface area contributed by atoms with Crippen LogP contribution in [0.5, 0.6) is 0 Å². The van der Waals surface area contributed by atoms with Gasteiger partial charge in [-0.3, -0.25) is 14.6 Å². The Labute approximate surface area is 175 Å². The molecule has 30 heavy (non-hydrogen) atoms. The number of piperidine rings is 1. The van der Waals surface area contributed by atoms with E-state index in [2.05, 4.69) is 34.1 Å². The van der Waals surface area contributed by atoms with E-state index in [1.54, 1.807) is 29.7 Å². The Morgan fingerprint density at radius 3 is 2.67 bits per heavy atom. The van der Waals surface area contributed by atoms with Crippen molar-refractivity contribution >= 4 is 23.0 Å². The zero-order valence-corrected chi connectivity index (χ0v) is 17.3. The van der Waals surface area contributed by atoms with Crippen molar-refractivity contribution in [2.45, 2.75) is 39.3 Å². The number of amides is 2. The van der Waals surface area contributed by atoms with E-state index in [1.165, 1.54) is 0 Å². The molecule has 0 radical (unpaired) electrons. The molecule has 2 amide bonds. The molecule has 0 unspecified atom stereocenters. The van der Waals surface area contributed by atoms with Gasteiger partial charge in [0, 0.05) is 37.4 Å². The Bertz CT molecular complexity index is 1040. The normalized spacial score (nSPS) is 15.0. The van der Waals surface area contributed by atoms with Crippen molar-refractivity contribution in [2.24, 2.45) is 5.92 Å². The average Bonchev–Trinajstić information content (AvgIpc) is 3.21. The van der Waals surface area contributed by atoms with Crippen LogP contribution in [-0.4, -0.2) is 49.3 Å². The van der Waals surface area contributed by atoms with Crippen LogP contribution in [0.4, 0.5) is 0 Å². The Balaban J connectivity index is 1.34. The fourth-order valence-corrected chi connectivity index (χ4v) is 3.77. The molecule has 156 valence electrons. The van der Waals surface area contributed by atoms with Crippen LogP contribution in [0.25, 0.3) is 11.2 Å². The van der Waals surface area contributed by atoms with Gasteiger partial charge in [-0.15, -0.1) is 0 Å². The number of pyridine rings is 2. The van der Waals surface area contributed by atoms with Gasteiger partial charge < -0.3 is 14.8 Å². The second-order valence-electron chi connectivity index (χ2n) is 7.92. The standard InChI is InChI=1S/C22H26N6O2/c1-15(2)28-14-26-19-11-17(12-24-20(19)28)22(30)27-9-6-16(7-10-27)21(29)25-13-18-5-3-4-8-23-18/h3-5,8,11-12,14-16H,6-7,9-10,13H2,1-2H3,(H,25,29). The van der Waals surface area contributed by atoms with E-state index in [9.17, 15) is 9.59 Å². The first-order valence-electron chi connectivity index (χ1n) is 10.3. The van der Waals surface area contributed by atoms with E-state index < -0.39 is 0 Å². The predicted molar refractivity (Wildman–Crippen MR) is 113 cm³/mol. The van der Waals surface area contributed by atoms with E-state index in [0.29, 0.717) is 38.0 Å². The minimum Gasteiger partial charge on any atom is -0.350 e. The number of aromatic nitrogens is 4. The summed E-state index contributed by atoms with van der Waals surface area (Å²) in [5, 5.41) is 2.95. The van der Waals surface area contributed by atoms with Crippen molar-refractivity contribution in [3.8, 4) is 0 Å². The molecule has 1 aliphatic rings. The quantitative estimate of drug-likeness (QED) is 0.703. The summed E-state index contributed by atoms with van der Waals surface area (Å²) in [6.07, 6.45) is 6.39. The lowest BCUT2D eigenvalue weighted by Gasteiger charge is -2.31. The molecule has 3 aromatic rings. The fourth-order valence-electron chi connectivity index (χ4n) is 3.77. The molecule has 3 aromatic heterocycles. The molecule has 8 heteroatoms. The number of carbonyl (C=O) groups is 2. The fraction of sp³-hybridized carbons (Fsp3) is 0.409. The summed E-state index contributed by atoms with van der Waals surface area (Å²) in [5.41, 5.74) is 2.87. The molecule has 4 rings (SSSR count). The van der Waals surface area contributed by atoms with Gasteiger partial charge in [-0.1, -0.05) is 6.07 Å². The molecular formula is C22H26N6O2. The van der Waals surface area contributed by atoms with Crippen molar-refractivity contribution in [2.75, 3.05) is 13.1 Å². The molecule has 8 nitrogen and oxygen atoms in total. The molecule has 1 aliphatic heterocycles. The summed E-state index contributed by atoms with van der Waals surface area (Å²) in [7, 11) is 0. The minimum atomic E-state index is -0.0832. The van der Waals surface area contributed by atoms with E-state index >= 15 is 0 Å². The molecule has 1 fully saturated rings. The van der Waals surface area contributed by atoms with E-state index in [4.69, 9.17) is 0 Å². The largest absolute Gasteiger partial charge is 0.350 e. The molecule has 0 aliphatic carbocycles. The second-order valence-corrected chi connectivity index (χ2v) is 7.92. The van der Waals surface area contributed by atoms with Crippen LogP contribution < -0.4 is 5.32 Å². The topological polar surface area (TPSA) is 93.0 Å². The van der Waals surface area contributed by atoms with Gasteiger partial charge in [0.25, 0.3) is 5.91 Å². The molecule has 0 aromatic carbocycles. The number of hydrogen-bond acceptors (Lipinski definition) is 5. The summed E-state index contributed by atoms with van der Waals surface area (Å²) < 4.78 is 1.98. The van der Waals surface area contributed by atoms with Gasteiger partial charge in [0.05, 0.1) is 24.1 Å². The minimum absolute atomic E-state index is 0.0232.